The van der Waals surface area contributed by atoms with Crippen LogP contribution in [0.15, 0.2) is 0 Å². The number of amides is 3. The summed E-state index contributed by atoms with van der Waals surface area (Å²) < 4.78 is 10.1. The second-order valence-electron chi connectivity index (χ2n) is 4.25. The van der Waals surface area contributed by atoms with Gasteiger partial charge in [0.2, 0.25) is 0 Å². The van der Waals surface area contributed by atoms with E-state index in [0.29, 0.717) is 0 Å². The number of urea groups is 1. The van der Waals surface area contributed by atoms with Crippen molar-refractivity contribution in [2.75, 3.05) is 7.11 Å². The number of hydrogen-bond donors (Lipinski definition) is 4. The number of rotatable bonds is 2. The third-order valence-corrected chi connectivity index (χ3v) is 3.09. The zero-order valence-electron chi connectivity index (χ0n) is 9.34. The molecule has 0 saturated carbocycles. The molecule has 2 fully saturated rings. The van der Waals surface area contributed by atoms with Crippen LogP contribution in [-0.2, 0) is 14.3 Å². The minimum atomic E-state index is -1.43. The molecule has 4 N–H and O–H groups in total. The summed E-state index contributed by atoms with van der Waals surface area (Å²) in [5.74, 6) is -0.615. The Kier molecular flexibility index (Phi) is 2.82. The molecule has 3 amide bonds. The van der Waals surface area contributed by atoms with Crippen molar-refractivity contribution >= 4 is 11.9 Å². The molecule has 2 aliphatic rings. The van der Waals surface area contributed by atoms with Gasteiger partial charge in [-0.15, -0.1) is 0 Å². The number of hydrogen-bond acceptors (Lipinski definition) is 6. The van der Waals surface area contributed by atoms with Crippen LogP contribution < -0.4 is 10.6 Å². The molecule has 17 heavy (non-hydrogen) atoms. The highest BCUT2D eigenvalue weighted by Gasteiger charge is 2.58. The van der Waals surface area contributed by atoms with E-state index < -0.39 is 42.1 Å². The molecule has 2 aliphatic heterocycles. The summed E-state index contributed by atoms with van der Waals surface area (Å²) in [5.41, 5.74) is -1.43. The SMILES string of the molecule is CO[C@@H]1O[C@@H]([C@@]2(C)NC(=O)NC2=O)[C@@H](O)[C@H]1O. The number of methoxy groups -OCH3 is 1. The van der Waals surface area contributed by atoms with Gasteiger partial charge in [-0.25, -0.2) is 4.79 Å². The Hall–Kier alpha value is -1.22. The molecular formula is C9H14N2O6. The number of aliphatic hydroxyl groups excluding tert-OH is 2. The highest BCUT2D eigenvalue weighted by molar-refractivity contribution is 6.07. The van der Waals surface area contributed by atoms with Crippen LogP contribution in [0.4, 0.5) is 4.79 Å². The molecule has 0 radical (unpaired) electrons. The Labute approximate surface area is 96.9 Å². The van der Waals surface area contributed by atoms with Crippen molar-refractivity contribution in [3.8, 4) is 0 Å². The Bertz CT molecular complexity index is 361. The molecule has 0 bridgehead atoms. The minimum Gasteiger partial charge on any atom is -0.387 e. The quantitative estimate of drug-likeness (QED) is 0.406. The van der Waals surface area contributed by atoms with Gasteiger partial charge in [0.15, 0.2) is 6.29 Å². The predicted octanol–water partition coefficient (Wildman–Crippen LogP) is -2.32. The highest BCUT2D eigenvalue weighted by atomic mass is 16.7. The van der Waals surface area contributed by atoms with Gasteiger partial charge in [0, 0.05) is 7.11 Å². The van der Waals surface area contributed by atoms with Gasteiger partial charge >= 0.3 is 6.03 Å². The number of aliphatic hydroxyl groups is 2. The maximum absolute atomic E-state index is 11.6. The zero-order valence-corrected chi connectivity index (χ0v) is 9.34. The number of carbonyl (C=O) groups excluding carboxylic acids is 2. The van der Waals surface area contributed by atoms with E-state index in [1.54, 1.807) is 0 Å². The lowest BCUT2D eigenvalue weighted by molar-refractivity contribution is -0.162. The Morgan fingerprint density at radius 1 is 1.35 bits per heavy atom. The lowest BCUT2D eigenvalue weighted by Gasteiger charge is -2.29. The van der Waals surface area contributed by atoms with E-state index in [1.165, 1.54) is 14.0 Å². The predicted molar refractivity (Wildman–Crippen MR) is 52.8 cm³/mol. The number of ether oxygens (including phenoxy) is 2. The summed E-state index contributed by atoms with van der Waals surface area (Å²) >= 11 is 0. The van der Waals surface area contributed by atoms with Crippen molar-refractivity contribution in [3.63, 3.8) is 0 Å². The zero-order chi connectivity index (χ0) is 12.8. The van der Waals surface area contributed by atoms with Gasteiger partial charge in [-0.3, -0.25) is 10.1 Å². The topological polar surface area (TPSA) is 117 Å². The molecule has 2 heterocycles. The van der Waals surface area contributed by atoms with Gasteiger partial charge in [0.1, 0.15) is 23.9 Å². The van der Waals surface area contributed by atoms with Gasteiger partial charge in [-0.1, -0.05) is 0 Å². The fourth-order valence-electron chi connectivity index (χ4n) is 2.08. The molecule has 0 unspecified atom stereocenters. The smallest absolute Gasteiger partial charge is 0.322 e. The van der Waals surface area contributed by atoms with E-state index in [4.69, 9.17) is 9.47 Å². The molecule has 8 heteroatoms. The first-order valence-corrected chi connectivity index (χ1v) is 5.08. The van der Waals surface area contributed by atoms with Crippen molar-refractivity contribution in [2.24, 2.45) is 0 Å². The van der Waals surface area contributed by atoms with Crippen molar-refractivity contribution in [3.05, 3.63) is 0 Å². The summed E-state index contributed by atoms with van der Waals surface area (Å²) in [6.45, 7) is 1.41. The van der Waals surface area contributed by atoms with Gasteiger partial charge in [0.25, 0.3) is 5.91 Å². The van der Waals surface area contributed by atoms with E-state index in [9.17, 15) is 19.8 Å². The molecule has 96 valence electrons. The van der Waals surface area contributed by atoms with Crippen LogP contribution in [-0.4, -0.2) is 59.4 Å². The van der Waals surface area contributed by atoms with Crippen LogP contribution in [0.3, 0.4) is 0 Å². The van der Waals surface area contributed by atoms with E-state index in [0.717, 1.165) is 0 Å². The Morgan fingerprint density at radius 3 is 2.41 bits per heavy atom. The molecule has 0 aromatic rings. The maximum Gasteiger partial charge on any atom is 0.322 e. The molecular weight excluding hydrogens is 232 g/mol. The van der Waals surface area contributed by atoms with Gasteiger partial charge in [-0.2, -0.15) is 0 Å². The highest BCUT2D eigenvalue weighted by Crippen LogP contribution is 2.31. The molecule has 2 rings (SSSR count). The average Bonchev–Trinajstić information content (AvgIpc) is 2.68. The largest absolute Gasteiger partial charge is 0.387 e. The van der Waals surface area contributed by atoms with Crippen LogP contribution in [0, 0.1) is 0 Å². The monoisotopic (exact) mass is 246 g/mol. The van der Waals surface area contributed by atoms with E-state index in [2.05, 4.69) is 5.32 Å². The number of imide groups is 1. The average molecular weight is 246 g/mol. The first-order chi connectivity index (χ1) is 7.90. The Morgan fingerprint density at radius 2 is 2.00 bits per heavy atom. The first kappa shape index (κ1) is 12.2. The van der Waals surface area contributed by atoms with E-state index in [1.807, 2.05) is 5.32 Å². The van der Waals surface area contributed by atoms with Crippen molar-refractivity contribution in [1.29, 1.82) is 0 Å². The van der Waals surface area contributed by atoms with Crippen molar-refractivity contribution < 1.29 is 29.3 Å². The molecule has 2 saturated heterocycles. The maximum atomic E-state index is 11.6. The van der Waals surface area contributed by atoms with Crippen molar-refractivity contribution in [2.45, 2.75) is 37.1 Å². The summed E-state index contributed by atoms with van der Waals surface area (Å²) in [6, 6.07) is -0.663. The lowest BCUT2D eigenvalue weighted by Crippen LogP contribution is -2.58. The van der Waals surface area contributed by atoms with Crippen LogP contribution >= 0.6 is 0 Å². The van der Waals surface area contributed by atoms with Gasteiger partial charge in [0.05, 0.1) is 0 Å². The second kappa shape index (κ2) is 3.91. The molecule has 8 nitrogen and oxygen atoms in total. The molecule has 0 aromatic carbocycles. The molecule has 0 spiro atoms. The summed E-state index contributed by atoms with van der Waals surface area (Å²) in [5, 5.41) is 23.8. The summed E-state index contributed by atoms with van der Waals surface area (Å²) in [4.78, 5) is 22.7. The third-order valence-electron chi connectivity index (χ3n) is 3.09. The van der Waals surface area contributed by atoms with E-state index >= 15 is 0 Å². The lowest BCUT2D eigenvalue weighted by atomic mass is 9.90. The van der Waals surface area contributed by atoms with Crippen LogP contribution in [0.2, 0.25) is 0 Å². The van der Waals surface area contributed by atoms with Crippen molar-refractivity contribution in [1.82, 2.24) is 10.6 Å². The number of nitrogens with one attached hydrogen (secondary N) is 2. The normalized spacial score (nSPS) is 45.9. The Balaban J connectivity index is 2.23. The number of carbonyl (C=O) groups is 2. The van der Waals surface area contributed by atoms with E-state index in [-0.39, 0.29) is 0 Å². The minimum absolute atomic E-state index is 0.615. The summed E-state index contributed by atoms with van der Waals surface area (Å²) in [7, 11) is 1.30. The fraction of sp³-hybridized carbons (Fsp3) is 0.778. The third kappa shape index (κ3) is 1.69. The van der Waals surface area contributed by atoms with Gasteiger partial charge < -0.3 is 25.0 Å². The van der Waals surface area contributed by atoms with Crippen LogP contribution in [0.1, 0.15) is 6.92 Å². The van der Waals surface area contributed by atoms with Gasteiger partial charge in [-0.05, 0) is 6.92 Å². The fourth-order valence-corrected chi connectivity index (χ4v) is 2.08. The molecule has 5 atom stereocenters. The first-order valence-electron chi connectivity index (χ1n) is 5.08. The summed E-state index contributed by atoms with van der Waals surface area (Å²) in [6.07, 6.45) is -4.70. The molecule has 0 aliphatic carbocycles. The molecule has 0 aromatic heterocycles. The van der Waals surface area contributed by atoms with Crippen LogP contribution in [0.5, 0.6) is 0 Å². The second-order valence-corrected chi connectivity index (χ2v) is 4.25. The standard InChI is InChI=1S/C9H14N2O6/c1-9(7(14)10-8(15)11-9)5-3(12)4(13)6(16-2)17-5/h3-6,12-13H,1-2H3,(H2,10,11,14,15)/t3-,4+,5+,6+,9+/m0/s1. The van der Waals surface area contributed by atoms with Crippen LogP contribution in [0.25, 0.3) is 0 Å².